The molecule has 1 aliphatic rings. The number of methoxy groups -OCH3 is 2. The molecule has 9 nitrogen and oxygen atoms in total. The molecule has 0 fully saturated rings. The number of pyridine rings is 1. The highest BCUT2D eigenvalue weighted by Crippen LogP contribution is 2.42. The SMILES string of the molecule is COc1cc(OC)c(F)c(N2Cc3cnc4[nH]c(C(=O)O)cc4c3N(C)C2=O)c1F. The third-order valence-electron chi connectivity index (χ3n) is 4.94. The maximum absolute atomic E-state index is 14.9. The van der Waals surface area contributed by atoms with Gasteiger partial charge >= 0.3 is 12.0 Å². The van der Waals surface area contributed by atoms with Gasteiger partial charge in [0.25, 0.3) is 0 Å². The Kier molecular flexibility index (Phi) is 4.45. The van der Waals surface area contributed by atoms with Crippen molar-refractivity contribution in [1.29, 1.82) is 0 Å². The first-order valence-electron chi connectivity index (χ1n) is 8.67. The summed E-state index contributed by atoms with van der Waals surface area (Å²) in [7, 11) is 3.85. The normalized spacial score (nSPS) is 13.6. The summed E-state index contributed by atoms with van der Waals surface area (Å²) >= 11 is 0. The number of hydrogen-bond donors (Lipinski definition) is 2. The molecule has 0 atom stereocenters. The van der Waals surface area contributed by atoms with Crippen LogP contribution in [0.3, 0.4) is 0 Å². The van der Waals surface area contributed by atoms with E-state index in [0.29, 0.717) is 16.6 Å². The van der Waals surface area contributed by atoms with Crippen LogP contribution in [0.15, 0.2) is 18.3 Å². The fourth-order valence-corrected chi connectivity index (χ4v) is 3.53. The summed E-state index contributed by atoms with van der Waals surface area (Å²) in [6.45, 7) is -0.195. The van der Waals surface area contributed by atoms with Crippen molar-refractivity contribution in [3.63, 3.8) is 0 Å². The topological polar surface area (TPSA) is 108 Å². The average Bonchev–Trinajstić information content (AvgIpc) is 3.16. The van der Waals surface area contributed by atoms with Crippen molar-refractivity contribution in [2.24, 2.45) is 0 Å². The number of benzene rings is 1. The maximum atomic E-state index is 14.9. The summed E-state index contributed by atoms with van der Waals surface area (Å²) in [5, 5.41) is 9.61. The third kappa shape index (κ3) is 2.70. The van der Waals surface area contributed by atoms with Crippen molar-refractivity contribution in [3.05, 3.63) is 41.2 Å². The number of aromatic amines is 1. The van der Waals surface area contributed by atoms with E-state index in [0.717, 1.165) is 11.0 Å². The van der Waals surface area contributed by atoms with Crippen LogP contribution in [-0.2, 0) is 6.54 Å². The van der Waals surface area contributed by atoms with Crippen LogP contribution in [0.2, 0.25) is 0 Å². The number of H-pyrrole nitrogens is 1. The summed E-state index contributed by atoms with van der Waals surface area (Å²) in [6.07, 6.45) is 1.42. The monoisotopic (exact) mass is 418 g/mol. The number of urea groups is 1. The van der Waals surface area contributed by atoms with Gasteiger partial charge in [0, 0.05) is 30.3 Å². The minimum Gasteiger partial charge on any atom is -0.493 e. The van der Waals surface area contributed by atoms with Gasteiger partial charge in [0.2, 0.25) is 0 Å². The lowest BCUT2D eigenvalue weighted by Crippen LogP contribution is -2.46. The molecule has 2 N–H and O–H groups in total. The zero-order valence-corrected chi connectivity index (χ0v) is 16.1. The molecule has 3 heterocycles. The Balaban J connectivity index is 1.89. The Morgan fingerprint density at radius 2 is 1.80 bits per heavy atom. The lowest BCUT2D eigenvalue weighted by molar-refractivity contribution is 0.0691. The number of amides is 2. The molecule has 0 radical (unpaired) electrons. The number of ether oxygens (including phenoxy) is 2. The van der Waals surface area contributed by atoms with Crippen molar-refractivity contribution in [3.8, 4) is 11.5 Å². The Morgan fingerprint density at radius 3 is 2.37 bits per heavy atom. The van der Waals surface area contributed by atoms with E-state index >= 15 is 0 Å². The van der Waals surface area contributed by atoms with Gasteiger partial charge in [-0.25, -0.2) is 23.4 Å². The molecule has 0 unspecified atom stereocenters. The first kappa shape index (κ1) is 19.4. The molecule has 0 aliphatic carbocycles. The first-order chi connectivity index (χ1) is 14.3. The molecule has 1 aliphatic heterocycles. The van der Waals surface area contributed by atoms with E-state index in [9.17, 15) is 23.5 Å². The largest absolute Gasteiger partial charge is 0.493 e. The van der Waals surface area contributed by atoms with Crippen LogP contribution in [0.1, 0.15) is 16.1 Å². The van der Waals surface area contributed by atoms with Gasteiger partial charge in [0.1, 0.15) is 17.0 Å². The number of hydrogen-bond acceptors (Lipinski definition) is 5. The van der Waals surface area contributed by atoms with Crippen LogP contribution >= 0.6 is 0 Å². The number of nitrogens with one attached hydrogen (secondary N) is 1. The highest BCUT2D eigenvalue weighted by Gasteiger charge is 2.36. The molecule has 30 heavy (non-hydrogen) atoms. The minimum atomic E-state index is -1.18. The van der Waals surface area contributed by atoms with Crippen molar-refractivity contribution in [2.75, 3.05) is 31.1 Å². The predicted octanol–water partition coefficient (Wildman–Crippen LogP) is 3.13. The molecule has 0 saturated carbocycles. The van der Waals surface area contributed by atoms with Gasteiger partial charge in [-0.1, -0.05) is 0 Å². The number of nitrogens with zero attached hydrogens (tertiary/aromatic N) is 3. The van der Waals surface area contributed by atoms with Crippen LogP contribution in [0.25, 0.3) is 11.0 Å². The molecule has 4 rings (SSSR count). The van der Waals surface area contributed by atoms with Crippen molar-refractivity contribution in [2.45, 2.75) is 6.54 Å². The van der Waals surface area contributed by atoms with Gasteiger partial charge in [-0.2, -0.15) is 0 Å². The Hall–Kier alpha value is -3.89. The van der Waals surface area contributed by atoms with E-state index in [4.69, 9.17) is 9.47 Å². The van der Waals surface area contributed by atoms with E-state index in [-0.39, 0.29) is 29.4 Å². The number of fused-ring (bicyclic) bond motifs is 3. The van der Waals surface area contributed by atoms with E-state index < -0.39 is 29.3 Å². The minimum absolute atomic E-state index is 0.0937. The zero-order chi connectivity index (χ0) is 21.7. The lowest BCUT2D eigenvalue weighted by Gasteiger charge is -2.35. The molecule has 0 spiro atoms. The summed E-state index contributed by atoms with van der Waals surface area (Å²) in [5.74, 6) is -3.85. The summed E-state index contributed by atoms with van der Waals surface area (Å²) in [4.78, 5) is 33.3. The molecular formula is C19H16F2N4O5. The first-order valence-corrected chi connectivity index (χ1v) is 8.67. The molecule has 156 valence electrons. The van der Waals surface area contributed by atoms with Gasteiger partial charge in [-0.05, 0) is 6.07 Å². The Labute approximate surface area is 168 Å². The van der Waals surface area contributed by atoms with Gasteiger partial charge < -0.3 is 19.6 Å². The number of carbonyl (C=O) groups is 2. The van der Waals surface area contributed by atoms with Crippen LogP contribution in [0.5, 0.6) is 11.5 Å². The number of anilines is 2. The van der Waals surface area contributed by atoms with E-state index in [2.05, 4.69) is 9.97 Å². The van der Waals surface area contributed by atoms with Gasteiger partial charge in [-0.3, -0.25) is 9.80 Å². The van der Waals surface area contributed by atoms with E-state index in [1.807, 2.05) is 0 Å². The second-order valence-electron chi connectivity index (χ2n) is 6.57. The van der Waals surface area contributed by atoms with Crippen LogP contribution in [0, 0.1) is 11.6 Å². The molecule has 2 amide bonds. The molecule has 3 aromatic rings. The number of carboxylic acids is 1. The number of carbonyl (C=O) groups excluding carboxylic acids is 1. The molecule has 11 heteroatoms. The average molecular weight is 418 g/mol. The standard InChI is InChI=1S/C19H16F2N4O5/c1-24-15-8(6-22-17-9(15)4-10(23-17)18(26)27)7-25(19(24)28)16-13(20)11(29-2)5-12(30-3)14(16)21/h4-6H,7H2,1-3H3,(H,22,23)(H,26,27). The second-order valence-corrected chi connectivity index (χ2v) is 6.57. The van der Waals surface area contributed by atoms with Crippen LogP contribution in [-0.4, -0.2) is 48.3 Å². The molecule has 0 bridgehead atoms. The number of carboxylic acid groups (broad SMARTS) is 1. The summed E-state index contributed by atoms with van der Waals surface area (Å²) < 4.78 is 39.8. The van der Waals surface area contributed by atoms with Crippen molar-refractivity contribution in [1.82, 2.24) is 9.97 Å². The van der Waals surface area contributed by atoms with Gasteiger partial charge in [0.15, 0.2) is 23.1 Å². The van der Waals surface area contributed by atoms with Crippen LogP contribution in [0.4, 0.5) is 25.0 Å². The van der Waals surface area contributed by atoms with E-state index in [1.54, 1.807) is 0 Å². The molecule has 1 aromatic carbocycles. The molecule has 2 aromatic heterocycles. The zero-order valence-electron chi connectivity index (χ0n) is 16.1. The molecule has 0 saturated heterocycles. The van der Waals surface area contributed by atoms with Crippen molar-refractivity contribution >= 4 is 34.4 Å². The second kappa shape index (κ2) is 6.87. The number of halogens is 2. The fourth-order valence-electron chi connectivity index (χ4n) is 3.53. The van der Waals surface area contributed by atoms with Gasteiger partial charge in [-0.15, -0.1) is 0 Å². The highest BCUT2D eigenvalue weighted by atomic mass is 19.1. The fraction of sp³-hybridized carbons (Fsp3) is 0.211. The smallest absolute Gasteiger partial charge is 0.352 e. The highest BCUT2D eigenvalue weighted by molar-refractivity contribution is 6.12. The van der Waals surface area contributed by atoms with Gasteiger partial charge in [0.05, 0.1) is 26.5 Å². The van der Waals surface area contributed by atoms with E-state index in [1.165, 1.54) is 38.4 Å². The molecular weight excluding hydrogens is 402 g/mol. The predicted molar refractivity (Wildman–Crippen MR) is 102 cm³/mol. The number of rotatable bonds is 4. The Morgan fingerprint density at radius 1 is 1.17 bits per heavy atom. The maximum Gasteiger partial charge on any atom is 0.352 e. The summed E-state index contributed by atoms with van der Waals surface area (Å²) in [5.41, 5.74) is 0.444. The van der Waals surface area contributed by atoms with Crippen LogP contribution < -0.4 is 19.3 Å². The third-order valence-corrected chi connectivity index (χ3v) is 4.94. The summed E-state index contributed by atoms with van der Waals surface area (Å²) in [6, 6.07) is 1.69. The number of aromatic nitrogens is 2. The lowest BCUT2D eigenvalue weighted by atomic mass is 10.1. The van der Waals surface area contributed by atoms with Crippen molar-refractivity contribution < 1.29 is 33.0 Å². The quantitative estimate of drug-likeness (QED) is 0.674. The number of aromatic carboxylic acids is 1. The Bertz CT molecular complexity index is 1180.